The summed E-state index contributed by atoms with van der Waals surface area (Å²) in [7, 11) is 0. The van der Waals surface area contributed by atoms with Crippen LogP contribution in [0.2, 0.25) is 0 Å². The van der Waals surface area contributed by atoms with Gasteiger partial charge in [-0.2, -0.15) is 0 Å². The number of carbonyl (C=O) groups is 1. The van der Waals surface area contributed by atoms with Crippen molar-refractivity contribution in [1.82, 2.24) is 14.5 Å². The molecule has 1 fully saturated rings. The molecule has 5 heteroatoms. The molecular formula is C17H21N3OS. The minimum Gasteiger partial charge on any atom is -0.337 e. The lowest BCUT2D eigenvalue weighted by atomic mass is 9.95. The molecule has 1 aliphatic rings. The Kier molecular flexibility index (Phi) is 4.43. The summed E-state index contributed by atoms with van der Waals surface area (Å²) in [5.41, 5.74) is 1.54. The van der Waals surface area contributed by atoms with Crippen molar-refractivity contribution in [2.75, 3.05) is 13.1 Å². The van der Waals surface area contributed by atoms with Crippen LogP contribution in [-0.2, 0) is 0 Å². The molecule has 0 aliphatic carbocycles. The maximum Gasteiger partial charge on any atom is 0.272 e. The Labute approximate surface area is 135 Å². The van der Waals surface area contributed by atoms with E-state index >= 15 is 0 Å². The van der Waals surface area contributed by atoms with Crippen LogP contribution in [0, 0.1) is 10.7 Å². The number of likely N-dealkylation sites (tertiary alicyclic amines) is 1. The van der Waals surface area contributed by atoms with Crippen molar-refractivity contribution in [3.8, 4) is 5.69 Å². The summed E-state index contributed by atoms with van der Waals surface area (Å²) in [5.74, 6) is 0.680. The van der Waals surface area contributed by atoms with Gasteiger partial charge < -0.3 is 9.88 Å². The lowest BCUT2D eigenvalue weighted by molar-refractivity contribution is 0.0663. The highest BCUT2D eigenvalue weighted by molar-refractivity contribution is 7.71. The van der Waals surface area contributed by atoms with Gasteiger partial charge in [-0.05, 0) is 43.1 Å². The number of benzene rings is 1. The summed E-state index contributed by atoms with van der Waals surface area (Å²) >= 11 is 5.36. The van der Waals surface area contributed by atoms with Crippen molar-refractivity contribution in [1.29, 1.82) is 0 Å². The van der Waals surface area contributed by atoms with E-state index in [1.807, 2.05) is 39.8 Å². The number of nitrogens with one attached hydrogen (secondary N) is 1. The number of hydrogen-bond donors (Lipinski definition) is 1. The Morgan fingerprint density at radius 3 is 2.86 bits per heavy atom. The third-order valence-electron chi connectivity index (χ3n) is 4.39. The highest BCUT2D eigenvalue weighted by Crippen LogP contribution is 2.22. The van der Waals surface area contributed by atoms with E-state index in [1.54, 1.807) is 6.20 Å². The highest BCUT2D eigenvalue weighted by Gasteiger charge is 2.26. The van der Waals surface area contributed by atoms with Crippen molar-refractivity contribution >= 4 is 18.1 Å². The van der Waals surface area contributed by atoms with Gasteiger partial charge in [-0.3, -0.25) is 9.36 Å². The molecule has 1 amide bonds. The Bertz CT molecular complexity index is 704. The van der Waals surface area contributed by atoms with E-state index in [9.17, 15) is 4.79 Å². The molecule has 1 saturated heterocycles. The Morgan fingerprint density at radius 2 is 2.14 bits per heavy atom. The van der Waals surface area contributed by atoms with Gasteiger partial charge in [-0.25, -0.2) is 0 Å². The number of aromatic nitrogens is 2. The number of piperidine rings is 1. The molecule has 0 saturated carbocycles. The summed E-state index contributed by atoms with van der Waals surface area (Å²) in [6.07, 6.45) is 5.16. The van der Waals surface area contributed by atoms with Crippen molar-refractivity contribution in [2.45, 2.75) is 26.2 Å². The largest absolute Gasteiger partial charge is 0.337 e. The summed E-state index contributed by atoms with van der Waals surface area (Å²) in [5, 5.41) is 0. The van der Waals surface area contributed by atoms with Crippen LogP contribution in [0.25, 0.3) is 5.69 Å². The average Bonchev–Trinajstić information content (AvgIpc) is 2.96. The maximum absolute atomic E-state index is 12.9. The number of para-hydroxylation sites is 1. The van der Waals surface area contributed by atoms with Gasteiger partial charge >= 0.3 is 0 Å². The van der Waals surface area contributed by atoms with E-state index in [4.69, 9.17) is 12.2 Å². The topological polar surface area (TPSA) is 41.0 Å². The molecule has 1 N–H and O–H groups in total. The van der Waals surface area contributed by atoms with Gasteiger partial charge in [0.2, 0.25) is 0 Å². The number of hydrogen-bond acceptors (Lipinski definition) is 2. The second-order valence-corrected chi connectivity index (χ2v) is 6.20. The van der Waals surface area contributed by atoms with Crippen LogP contribution in [0.1, 0.15) is 36.7 Å². The van der Waals surface area contributed by atoms with Crippen LogP contribution in [0.4, 0.5) is 0 Å². The van der Waals surface area contributed by atoms with Crippen molar-refractivity contribution in [3.05, 3.63) is 47.0 Å². The highest BCUT2D eigenvalue weighted by atomic mass is 32.1. The molecule has 0 spiro atoms. The van der Waals surface area contributed by atoms with Crippen molar-refractivity contribution in [3.63, 3.8) is 0 Å². The van der Waals surface area contributed by atoms with Gasteiger partial charge in [0.05, 0.1) is 0 Å². The number of carbonyl (C=O) groups excluding carboxylic acids is 1. The van der Waals surface area contributed by atoms with Gasteiger partial charge in [0, 0.05) is 25.0 Å². The van der Waals surface area contributed by atoms with Gasteiger partial charge in [0.15, 0.2) is 4.77 Å². The first-order chi connectivity index (χ1) is 10.7. The molecule has 2 aromatic rings. The molecule has 0 bridgehead atoms. The second-order valence-electron chi connectivity index (χ2n) is 5.82. The molecule has 1 aromatic heterocycles. The van der Waals surface area contributed by atoms with Crippen LogP contribution in [0.3, 0.4) is 0 Å². The standard InChI is InChI=1S/C17H21N3OS/c1-2-13-7-6-10-19(12-13)16(21)15-11-18-17(22)20(15)14-8-4-3-5-9-14/h3-5,8-9,11,13H,2,6-7,10,12H2,1H3,(H,18,22)/t13-/m0/s1. The van der Waals surface area contributed by atoms with Crippen LogP contribution < -0.4 is 0 Å². The van der Waals surface area contributed by atoms with E-state index in [0.717, 1.165) is 31.6 Å². The summed E-state index contributed by atoms with van der Waals surface area (Å²) in [6.45, 7) is 3.88. The molecule has 116 valence electrons. The Balaban J connectivity index is 1.92. The molecule has 3 rings (SSSR count). The Morgan fingerprint density at radius 1 is 1.36 bits per heavy atom. The van der Waals surface area contributed by atoms with E-state index < -0.39 is 0 Å². The summed E-state index contributed by atoms with van der Waals surface area (Å²) in [6, 6.07) is 9.79. The number of aromatic amines is 1. The van der Waals surface area contributed by atoms with E-state index in [-0.39, 0.29) is 5.91 Å². The minimum atomic E-state index is 0.0642. The fourth-order valence-electron chi connectivity index (χ4n) is 3.10. The molecule has 22 heavy (non-hydrogen) atoms. The third-order valence-corrected chi connectivity index (χ3v) is 4.69. The first-order valence-electron chi connectivity index (χ1n) is 7.86. The fraction of sp³-hybridized carbons (Fsp3) is 0.412. The lowest BCUT2D eigenvalue weighted by Crippen LogP contribution is -2.40. The number of H-pyrrole nitrogens is 1. The predicted octanol–water partition coefficient (Wildman–Crippen LogP) is 3.80. The zero-order valence-corrected chi connectivity index (χ0v) is 13.6. The second kappa shape index (κ2) is 6.48. The molecule has 1 aromatic carbocycles. The molecular weight excluding hydrogens is 294 g/mol. The maximum atomic E-state index is 12.9. The number of imidazole rings is 1. The van der Waals surface area contributed by atoms with E-state index in [2.05, 4.69) is 11.9 Å². The van der Waals surface area contributed by atoms with Crippen molar-refractivity contribution in [2.24, 2.45) is 5.92 Å². The zero-order chi connectivity index (χ0) is 15.5. The number of nitrogens with zero attached hydrogens (tertiary/aromatic N) is 2. The van der Waals surface area contributed by atoms with Crippen molar-refractivity contribution < 1.29 is 4.79 Å². The van der Waals surface area contributed by atoms with Gasteiger partial charge in [-0.1, -0.05) is 31.5 Å². The average molecular weight is 315 g/mol. The molecule has 1 aliphatic heterocycles. The molecule has 4 nitrogen and oxygen atoms in total. The summed E-state index contributed by atoms with van der Waals surface area (Å²) < 4.78 is 2.38. The monoisotopic (exact) mass is 315 g/mol. The normalized spacial score (nSPS) is 18.4. The van der Waals surface area contributed by atoms with Gasteiger partial charge in [0.25, 0.3) is 5.91 Å². The molecule has 0 radical (unpaired) electrons. The van der Waals surface area contributed by atoms with Gasteiger partial charge in [0.1, 0.15) is 5.69 Å². The zero-order valence-electron chi connectivity index (χ0n) is 12.8. The Hall–Kier alpha value is -1.88. The van der Waals surface area contributed by atoms with E-state index in [1.165, 1.54) is 6.42 Å². The molecule has 1 atom stereocenters. The summed E-state index contributed by atoms with van der Waals surface area (Å²) in [4.78, 5) is 17.9. The SMILES string of the molecule is CC[C@H]1CCCN(C(=O)c2c[nH]c(=S)n2-c2ccccc2)C1. The quantitative estimate of drug-likeness (QED) is 0.875. The van der Waals surface area contributed by atoms with Crippen LogP contribution in [0.15, 0.2) is 36.5 Å². The van der Waals surface area contributed by atoms with E-state index in [0.29, 0.717) is 16.4 Å². The molecule has 2 heterocycles. The van der Waals surface area contributed by atoms with Gasteiger partial charge in [-0.15, -0.1) is 0 Å². The first kappa shape index (κ1) is 15.0. The number of amides is 1. The first-order valence-corrected chi connectivity index (χ1v) is 8.26. The third kappa shape index (κ3) is 2.86. The van der Waals surface area contributed by atoms with Crippen LogP contribution >= 0.6 is 12.2 Å². The lowest BCUT2D eigenvalue weighted by Gasteiger charge is -2.32. The smallest absolute Gasteiger partial charge is 0.272 e. The van der Waals surface area contributed by atoms with Crippen LogP contribution in [-0.4, -0.2) is 33.4 Å². The molecule has 0 unspecified atom stereocenters. The minimum absolute atomic E-state index is 0.0642. The predicted molar refractivity (Wildman–Crippen MR) is 89.9 cm³/mol. The fourth-order valence-corrected chi connectivity index (χ4v) is 3.37. The van der Waals surface area contributed by atoms with Crippen LogP contribution in [0.5, 0.6) is 0 Å². The number of rotatable bonds is 3.